The number of rotatable bonds is 4. The molecule has 0 atom stereocenters. The molecule has 4 aromatic rings. The average Bonchev–Trinajstić information content (AvgIpc) is 2.74. The number of hydrogen-bond donors (Lipinski definition) is 2. The van der Waals surface area contributed by atoms with E-state index in [1.807, 2.05) is 13.0 Å². The Bertz CT molecular complexity index is 1460. The molecular weight excluding hydrogens is 451 g/mol. The van der Waals surface area contributed by atoms with Gasteiger partial charge in [-0.05, 0) is 37.3 Å². The summed E-state index contributed by atoms with van der Waals surface area (Å²) in [4.78, 5) is 28.0. The fourth-order valence-electron chi connectivity index (χ4n) is 3.38. The molecule has 0 amide bonds. The second-order valence-electron chi connectivity index (χ2n) is 6.69. The van der Waals surface area contributed by atoms with Gasteiger partial charge in [-0.3, -0.25) is 9.69 Å². The van der Waals surface area contributed by atoms with E-state index in [2.05, 4.69) is 9.97 Å². The van der Waals surface area contributed by atoms with Gasteiger partial charge in [-0.15, -0.1) is 0 Å². The summed E-state index contributed by atoms with van der Waals surface area (Å²) in [5.74, 6) is 0.122. The van der Waals surface area contributed by atoms with Crippen molar-refractivity contribution < 1.29 is 0 Å². The summed E-state index contributed by atoms with van der Waals surface area (Å²) < 4.78 is 1.36. The van der Waals surface area contributed by atoms with Crippen molar-refractivity contribution >= 4 is 57.6 Å². The van der Waals surface area contributed by atoms with Crippen molar-refractivity contribution in [3.8, 4) is 11.8 Å². The van der Waals surface area contributed by atoms with Gasteiger partial charge in [-0.1, -0.05) is 35.3 Å². The first-order chi connectivity index (χ1) is 15.3. The molecule has 0 saturated carbocycles. The van der Waals surface area contributed by atoms with Crippen molar-refractivity contribution in [2.45, 2.75) is 6.92 Å². The zero-order valence-corrected chi connectivity index (χ0v) is 18.3. The molecule has 2 aromatic heterocycles. The molecule has 0 bridgehead atoms. The fourth-order valence-corrected chi connectivity index (χ4v) is 3.81. The Morgan fingerprint density at radius 2 is 1.88 bits per heavy atom. The molecule has 0 aliphatic carbocycles. The summed E-state index contributed by atoms with van der Waals surface area (Å²) in [6.45, 7) is 2.09. The number of hydrogen-bond acceptors (Lipinski definition) is 8. The van der Waals surface area contributed by atoms with Gasteiger partial charge in [0.2, 0.25) is 11.9 Å². The molecule has 0 fully saturated rings. The Hall–Kier alpha value is -3.87. The number of fused-ring (bicyclic) bond motifs is 1. The van der Waals surface area contributed by atoms with Crippen LogP contribution in [0.15, 0.2) is 47.3 Å². The summed E-state index contributed by atoms with van der Waals surface area (Å²) in [6, 6.07) is 13.7. The normalized spacial score (nSPS) is 10.8. The SMILES string of the molecule is CCN(c1nc(N)nc(N)c1C#N)c1nc2cccc(Cl)c2c(=O)n1-c1cccc(Cl)c1. The van der Waals surface area contributed by atoms with E-state index < -0.39 is 5.56 Å². The van der Waals surface area contributed by atoms with Gasteiger partial charge in [0.25, 0.3) is 5.56 Å². The van der Waals surface area contributed by atoms with Crippen molar-refractivity contribution in [3.63, 3.8) is 0 Å². The molecule has 0 saturated heterocycles. The number of nitrogens with zero attached hydrogens (tertiary/aromatic N) is 6. The smallest absolute Gasteiger partial charge is 0.268 e. The Morgan fingerprint density at radius 3 is 2.56 bits per heavy atom. The van der Waals surface area contributed by atoms with E-state index in [4.69, 9.17) is 39.7 Å². The van der Waals surface area contributed by atoms with Crippen LogP contribution in [0, 0.1) is 11.3 Å². The molecule has 4 N–H and O–H groups in total. The summed E-state index contributed by atoms with van der Waals surface area (Å²) in [5, 5.41) is 10.6. The van der Waals surface area contributed by atoms with Crippen molar-refractivity contribution in [2.75, 3.05) is 22.9 Å². The first kappa shape index (κ1) is 21.4. The minimum absolute atomic E-state index is 0.0131. The molecule has 2 aromatic carbocycles. The zero-order chi connectivity index (χ0) is 23.0. The second-order valence-corrected chi connectivity index (χ2v) is 7.53. The number of anilines is 4. The molecule has 32 heavy (non-hydrogen) atoms. The molecular formula is C21H16Cl2N8O. The molecule has 4 rings (SSSR count). The van der Waals surface area contributed by atoms with Crippen molar-refractivity contribution in [2.24, 2.45) is 0 Å². The van der Waals surface area contributed by atoms with Crippen LogP contribution in [0.5, 0.6) is 0 Å². The lowest BCUT2D eigenvalue weighted by Gasteiger charge is -2.26. The number of nitrogens with two attached hydrogens (primary N) is 2. The van der Waals surface area contributed by atoms with Gasteiger partial charge in [0, 0.05) is 11.6 Å². The summed E-state index contributed by atoms with van der Waals surface area (Å²) in [7, 11) is 0. The highest BCUT2D eigenvalue weighted by Gasteiger charge is 2.25. The standard InChI is InChI=1S/C21H16Cl2N8O/c1-2-30(18-13(10-24)17(25)28-20(26)29-18)21-27-15-8-4-7-14(23)16(15)19(32)31(21)12-6-3-5-11(22)9-12/h3-9H,2H2,1H3,(H4,25,26,28,29). The second kappa shape index (κ2) is 8.34. The predicted octanol–water partition coefficient (Wildman–Crippen LogP) is 3.68. The van der Waals surface area contributed by atoms with E-state index in [0.29, 0.717) is 16.2 Å². The minimum atomic E-state index is -0.412. The zero-order valence-electron chi connectivity index (χ0n) is 16.8. The first-order valence-electron chi connectivity index (χ1n) is 9.43. The predicted molar refractivity (Wildman–Crippen MR) is 126 cm³/mol. The van der Waals surface area contributed by atoms with E-state index in [0.717, 1.165) is 0 Å². The molecule has 0 aliphatic rings. The number of aromatic nitrogens is 4. The van der Waals surface area contributed by atoms with E-state index >= 15 is 0 Å². The summed E-state index contributed by atoms with van der Waals surface area (Å²) in [5.41, 5.74) is 12.1. The maximum absolute atomic E-state index is 13.6. The van der Waals surface area contributed by atoms with E-state index in [1.165, 1.54) is 4.57 Å². The van der Waals surface area contributed by atoms with Crippen LogP contribution in [-0.4, -0.2) is 26.1 Å². The Balaban J connectivity index is 2.14. The highest BCUT2D eigenvalue weighted by molar-refractivity contribution is 6.35. The van der Waals surface area contributed by atoms with Gasteiger partial charge in [-0.25, -0.2) is 9.55 Å². The van der Waals surface area contributed by atoms with Gasteiger partial charge < -0.3 is 11.5 Å². The monoisotopic (exact) mass is 466 g/mol. The van der Waals surface area contributed by atoms with Crippen LogP contribution in [0.2, 0.25) is 10.0 Å². The highest BCUT2D eigenvalue weighted by Crippen LogP contribution is 2.31. The lowest BCUT2D eigenvalue weighted by Crippen LogP contribution is -2.31. The molecule has 0 spiro atoms. The van der Waals surface area contributed by atoms with Crippen LogP contribution in [0.3, 0.4) is 0 Å². The largest absolute Gasteiger partial charge is 0.382 e. The van der Waals surface area contributed by atoms with Gasteiger partial charge in [0.1, 0.15) is 17.5 Å². The quantitative estimate of drug-likeness (QED) is 0.463. The molecule has 160 valence electrons. The van der Waals surface area contributed by atoms with Crippen LogP contribution in [0.1, 0.15) is 12.5 Å². The molecule has 11 heteroatoms. The van der Waals surface area contributed by atoms with E-state index in [9.17, 15) is 10.1 Å². The molecule has 0 unspecified atom stereocenters. The third-order valence-electron chi connectivity index (χ3n) is 4.76. The van der Waals surface area contributed by atoms with Crippen LogP contribution in [-0.2, 0) is 0 Å². The van der Waals surface area contributed by atoms with Crippen LogP contribution >= 0.6 is 23.2 Å². The maximum atomic E-state index is 13.6. The lowest BCUT2D eigenvalue weighted by atomic mass is 10.2. The van der Waals surface area contributed by atoms with Crippen molar-refractivity contribution in [1.82, 2.24) is 19.5 Å². The number of benzene rings is 2. The molecule has 2 heterocycles. The summed E-state index contributed by atoms with van der Waals surface area (Å²) in [6.07, 6.45) is 0. The third kappa shape index (κ3) is 3.56. The summed E-state index contributed by atoms with van der Waals surface area (Å²) >= 11 is 12.5. The van der Waals surface area contributed by atoms with Crippen LogP contribution in [0.4, 0.5) is 23.5 Å². The topological polar surface area (TPSA) is 140 Å². The van der Waals surface area contributed by atoms with E-state index in [-0.39, 0.29) is 46.0 Å². The Morgan fingerprint density at radius 1 is 1.12 bits per heavy atom. The lowest BCUT2D eigenvalue weighted by molar-refractivity contribution is 0.859. The molecule has 0 aliphatic heterocycles. The maximum Gasteiger partial charge on any atom is 0.268 e. The number of nitrogen functional groups attached to an aromatic ring is 2. The fraction of sp³-hybridized carbons (Fsp3) is 0.0952. The Labute approximate surface area is 192 Å². The van der Waals surface area contributed by atoms with E-state index in [1.54, 1.807) is 47.4 Å². The average molecular weight is 467 g/mol. The van der Waals surface area contributed by atoms with Gasteiger partial charge in [-0.2, -0.15) is 15.2 Å². The molecule has 9 nitrogen and oxygen atoms in total. The first-order valence-corrected chi connectivity index (χ1v) is 10.2. The Kier molecular flexibility index (Phi) is 5.57. The van der Waals surface area contributed by atoms with Crippen LogP contribution in [0.25, 0.3) is 16.6 Å². The number of halogens is 2. The highest BCUT2D eigenvalue weighted by atomic mass is 35.5. The van der Waals surface area contributed by atoms with Gasteiger partial charge in [0.05, 0.1) is 21.6 Å². The van der Waals surface area contributed by atoms with Crippen molar-refractivity contribution in [3.05, 3.63) is 68.4 Å². The van der Waals surface area contributed by atoms with Gasteiger partial charge >= 0.3 is 0 Å². The van der Waals surface area contributed by atoms with Gasteiger partial charge in [0.15, 0.2) is 5.82 Å². The van der Waals surface area contributed by atoms with Crippen LogP contribution < -0.4 is 21.9 Å². The minimum Gasteiger partial charge on any atom is -0.382 e. The molecule has 0 radical (unpaired) electrons. The van der Waals surface area contributed by atoms with Crippen molar-refractivity contribution in [1.29, 1.82) is 5.26 Å². The number of nitriles is 1. The third-order valence-corrected chi connectivity index (χ3v) is 5.31.